The van der Waals surface area contributed by atoms with E-state index in [9.17, 15) is 14.7 Å². The van der Waals surface area contributed by atoms with E-state index in [2.05, 4.69) is 20.8 Å². The minimum absolute atomic E-state index is 0.0138. The van der Waals surface area contributed by atoms with Crippen molar-refractivity contribution in [3.8, 4) is 0 Å². The summed E-state index contributed by atoms with van der Waals surface area (Å²) in [5.41, 5.74) is 6.20. The van der Waals surface area contributed by atoms with Crippen molar-refractivity contribution in [2.24, 2.45) is 23.7 Å². The van der Waals surface area contributed by atoms with E-state index in [-0.39, 0.29) is 17.7 Å². The van der Waals surface area contributed by atoms with E-state index in [0.717, 1.165) is 17.3 Å². The van der Waals surface area contributed by atoms with Crippen LogP contribution in [0.5, 0.6) is 0 Å². The van der Waals surface area contributed by atoms with E-state index < -0.39 is 17.8 Å². The molecule has 1 amide bonds. The van der Waals surface area contributed by atoms with Crippen molar-refractivity contribution in [3.63, 3.8) is 0 Å². The lowest BCUT2D eigenvalue weighted by Crippen LogP contribution is -2.42. The molecule has 4 rings (SSSR count). The summed E-state index contributed by atoms with van der Waals surface area (Å²) in [6.45, 7) is 0. The molecule has 1 aromatic carbocycles. The van der Waals surface area contributed by atoms with Crippen LogP contribution >= 0.6 is 0 Å². The summed E-state index contributed by atoms with van der Waals surface area (Å²) in [6, 6.07) is 7.44. The lowest BCUT2D eigenvalue weighted by Gasteiger charge is -2.24. The number of hydrogen-bond donors (Lipinski definition) is 3. The quantitative estimate of drug-likeness (QED) is 0.583. The van der Waals surface area contributed by atoms with E-state index in [0.29, 0.717) is 5.82 Å². The fraction of sp³-hybridized carbons (Fsp3) is 0.294. The number of hydrazine groups is 1. The molecule has 2 aliphatic carbocycles. The SMILES string of the molecule is O=C(O)[C@@H]1[C@@H](C(=O)NNc2ncnc3ccccc23)[C@@H]2C=C[C@@H]1C2. The Morgan fingerprint density at radius 1 is 1.08 bits per heavy atom. The molecule has 7 heteroatoms. The fourth-order valence-corrected chi connectivity index (χ4v) is 3.82. The number of para-hydroxylation sites is 1. The average Bonchev–Trinajstić information content (AvgIpc) is 3.20. The maximum absolute atomic E-state index is 12.5. The van der Waals surface area contributed by atoms with Crippen molar-refractivity contribution < 1.29 is 14.7 Å². The van der Waals surface area contributed by atoms with Crippen molar-refractivity contribution in [2.45, 2.75) is 6.42 Å². The number of benzene rings is 1. The summed E-state index contributed by atoms with van der Waals surface area (Å²) in [7, 11) is 0. The number of aliphatic carboxylic acids is 1. The number of anilines is 1. The highest BCUT2D eigenvalue weighted by Gasteiger charge is 2.51. The van der Waals surface area contributed by atoms with Crippen LogP contribution in [0.1, 0.15) is 6.42 Å². The second-order valence-electron chi connectivity index (χ2n) is 6.19. The Labute approximate surface area is 137 Å². The summed E-state index contributed by atoms with van der Waals surface area (Å²) in [6.07, 6.45) is 6.01. The molecule has 4 atom stereocenters. The van der Waals surface area contributed by atoms with Gasteiger partial charge in [-0.05, 0) is 30.4 Å². The molecule has 1 fully saturated rings. The molecular formula is C17H16N4O3. The Hall–Kier alpha value is -2.96. The smallest absolute Gasteiger partial charge is 0.307 e. The van der Waals surface area contributed by atoms with Gasteiger partial charge in [0, 0.05) is 5.39 Å². The van der Waals surface area contributed by atoms with Gasteiger partial charge in [-0.3, -0.25) is 20.4 Å². The van der Waals surface area contributed by atoms with Gasteiger partial charge in [0.1, 0.15) is 6.33 Å². The molecule has 0 saturated heterocycles. The van der Waals surface area contributed by atoms with E-state index in [4.69, 9.17) is 0 Å². The van der Waals surface area contributed by atoms with Gasteiger partial charge >= 0.3 is 5.97 Å². The second kappa shape index (κ2) is 5.59. The normalized spacial score (nSPS) is 27.3. The molecule has 1 saturated carbocycles. The van der Waals surface area contributed by atoms with Crippen LogP contribution in [0.2, 0.25) is 0 Å². The fourth-order valence-electron chi connectivity index (χ4n) is 3.82. The first-order valence-corrected chi connectivity index (χ1v) is 7.82. The molecular weight excluding hydrogens is 308 g/mol. The highest BCUT2D eigenvalue weighted by molar-refractivity contribution is 5.91. The van der Waals surface area contributed by atoms with Gasteiger partial charge in [-0.1, -0.05) is 24.3 Å². The van der Waals surface area contributed by atoms with Crippen LogP contribution in [0.25, 0.3) is 10.9 Å². The van der Waals surface area contributed by atoms with Gasteiger partial charge in [0.15, 0.2) is 5.82 Å². The highest BCUT2D eigenvalue weighted by atomic mass is 16.4. The van der Waals surface area contributed by atoms with Crippen molar-refractivity contribution in [3.05, 3.63) is 42.7 Å². The average molecular weight is 324 g/mol. The topological polar surface area (TPSA) is 104 Å². The van der Waals surface area contributed by atoms with Gasteiger partial charge in [0.25, 0.3) is 0 Å². The predicted octanol–water partition coefficient (Wildman–Crippen LogP) is 1.60. The zero-order valence-corrected chi connectivity index (χ0v) is 12.7. The summed E-state index contributed by atoms with van der Waals surface area (Å²) in [5, 5.41) is 10.2. The lowest BCUT2D eigenvalue weighted by molar-refractivity contribution is -0.147. The molecule has 1 heterocycles. The number of carbonyl (C=O) groups excluding carboxylic acids is 1. The number of nitrogens with one attached hydrogen (secondary N) is 2. The molecule has 24 heavy (non-hydrogen) atoms. The molecule has 2 aliphatic rings. The number of carbonyl (C=O) groups is 2. The Morgan fingerprint density at radius 3 is 2.62 bits per heavy atom. The number of carboxylic acid groups (broad SMARTS) is 1. The summed E-state index contributed by atoms with van der Waals surface area (Å²) in [5.74, 6) is -2.04. The number of allylic oxidation sites excluding steroid dienone is 2. The van der Waals surface area contributed by atoms with E-state index in [1.807, 2.05) is 36.4 Å². The van der Waals surface area contributed by atoms with Crippen molar-refractivity contribution >= 4 is 28.6 Å². The minimum atomic E-state index is -0.917. The number of nitrogens with zero attached hydrogens (tertiary/aromatic N) is 2. The molecule has 2 bridgehead atoms. The first-order chi connectivity index (χ1) is 11.6. The highest BCUT2D eigenvalue weighted by Crippen LogP contribution is 2.48. The zero-order valence-electron chi connectivity index (χ0n) is 12.7. The van der Waals surface area contributed by atoms with E-state index in [1.165, 1.54) is 6.33 Å². The van der Waals surface area contributed by atoms with Crippen molar-refractivity contribution in [1.82, 2.24) is 15.4 Å². The standard InChI is InChI=1S/C17H16N4O3/c22-16(13-9-5-6-10(7-9)14(13)17(23)24)21-20-15-11-3-1-2-4-12(11)18-8-19-15/h1-6,8-10,13-14H,7H2,(H,21,22)(H,23,24)(H,18,19,20)/t9-,10-,13+,14+/m1/s1. The summed E-state index contributed by atoms with van der Waals surface area (Å²) in [4.78, 5) is 32.3. The Kier molecular flexibility index (Phi) is 3.41. The Bertz CT molecular complexity index is 845. The molecule has 0 unspecified atom stereocenters. The van der Waals surface area contributed by atoms with Crippen LogP contribution in [0.3, 0.4) is 0 Å². The van der Waals surface area contributed by atoms with Gasteiger partial charge < -0.3 is 5.11 Å². The number of carboxylic acids is 1. The van der Waals surface area contributed by atoms with Crippen LogP contribution in [0.4, 0.5) is 5.82 Å². The third-order valence-corrected chi connectivity index (χ3v) is 4.89. The predicted molar refractivity (Wildman–Crippen MR) is 86.7 cm³/mol. The lowest BCUT2D eigenvalue weighted by atomic mass is 9.82. The molecule has 0 spiro atoms. The second-order valence-corrected chi connectivity index (χ2v) is 6.19. The van der Waals surface area contributed by atoms with Gasteiger partial charge in [-0.25, -0.2) is 9.97 Å². The molecule has 1 aromatic heterocycles. The van der Waals surface area contributed by atoms with E-state index >= 15 is 0 Å². The maximum atomic E-state index is 12.5. The van der Waals surface area contributed by atoms with Crippen LogP contribution in [0, 0.1) is 23.7 Å². The maximum Gasteiger partial charge on any atom is 0.307 e. The van der Waals surface area contributed by atoms with Gasteiger partial charge in [-0.2, -0.15) is 0 Å². The van der Waals surface area contributed by atoms with Gasteiger partial charge in [-0.15, -0.1) is 0 Å². The van der Waals surface area contributed by atoms with Gasteiger partial charge in [0.05, 0.1) is 17.4 Å². The minimum Gasteiger partial charge on any atom is -0.481 e. The van der Waals surface area contributed by atoms with Crippen molar-refractivity contribution in [2.75, 3.05) is 5.43 Å². The number of rotatable bonds is 4. The third-order valence-electron chi connectivity index (χ3n) is 4.89. The third kappa shape index (κ3) is 2.29. The number of aromatic nitrogens is 2. The number of hydrogen-bond acceptors (Lipinski definition) is 5. The van der Waals surface area contributed by atoms with Crippen LogP contribution < -0.4 is 10.9 Å². The summed E-state index contributed by atoms with van der Waals surface area (Å²) < 4.78 is 0. The van der Waals surface area contributed by atoms with Crippen LogP contribution in [-0.4, -0.2) is 27.0 Å². The van der Waals surface area contributed by atoms with Crippen molar-refractivity contribution in [1.29, 1.82) is 0 Å². The molecule has 0 aliphatic heterocycles. The Balaban J connectivity index is 1.52. The molecule has 2 aromatic rings. The van der Waals surface area contributed by atoms with Crippen LogP contribution in [0.15, 0.2) is 42.7 Å². The number of fused-ring (bicyclic) bond motifs is 3. The molecule has 7 nitrogen and oxygen atoms in total. The molecule has 0 radical (unpaired) electrons. The van der Waals surface area contributed by atoms with Crippen LogP contribution in [-0.2, 0) is 9.59 Å². The first-order valence-electron chi connectivity index (χ1n) is 7.82. The Morgan fingerprint density at radius 2 is 1.83 bits per heavy atom. The largest absolute Gasteiger partial charge is 0.481 e. The first kappa shape index (κ1) is 14.6. The van der Waals surface area contributed by atoms with Gasteiger partial charge in [0.2, 0.25) is 5.91 Å². The summed E-state index contributed by atoms with van der Waals surface area (Å²) >= 11 is 0. The van der Waals surface area contributed by atoms with E-state index in [1.54, 1.807) is 0 Å². The molecule has 122 valence electrons. The monoisotopic (exact) mass is 324 g/mol. The molecule has 3 N–H and O–H groups in total. The number of amides is 1. The zero-order chi connectivity index (χ0) is 16.7.